The quantitative estimate of drug-likeness (QED) is 0.782. The smallest absolute Gasteiger partial charge is 0.243 e. The second-order valence-corrected chi connectivity index (χ2v) is 6.70. The number of nitrogens with one attached hydrogen (secondary N) is 1. The summed E-state index contributed by atoms with van der Waals surface area (Å²) in [6.07, 6.45) is 1.58. The molecule has 1 aromatic heterocycles. The molecule has 0 unspecified atom stereocenters. The van der Waals surface area contributed by atoms with Gasteiger partial charge in [-0.1, -0.05) is 36.4 Å². The van der Waals surface area contributed by atoms with Crippen molar-refractivity contribution in [2.75, 3.05) is 7.11 Å². The molecule has 0 aliphatic carbocycles. The van der Waals surface area contributed by atoms with Crippen molar-refractivity contribution in [3.05, 3.63) is 66.4 Å². The molecule has 2 aromatic carbocycles. The third kappa shape index (κ3) is 3.18. The summed E-state index contributed by atoms with van der Waals surface area (Å²) in [7, 11) is -2.12. The highest BCUT2D eigenvalue weighted by molar-refractivity contribution is 7.89. The Hall–Kier alpha value is -2.44. The summed E-state index contributed by atoms with van der Waals surface area (Å²) in [6.45, 7) is 0.148. The molecule has 0 amide bonds. The summed E-state index contributed by atoms with van der Waals surface area (Å²) in [5.74, 6) is 0.645. The number of aromatic nitrogens is 1. The first kappa shape index (κ1) is 15.5. The van der Waals surface area contributed by atoms with Crippen molar-refractivity contribution in [1.29, 1.82) is 0 Å². The third-order valence-electron chi connectivity index (χ3n) is 3.53. The molecule has 0 aliphatic heterocycles. The van der Waals surface area contributed by atoms with E-state index in [4.69, 9.17) is 4.74 Å². The van der Waals surface area contributed by atoms with Gasteiger partial charge in [-0.3, -0.25) is 4.98 Å². The van der Waals surface area contributed by atoms with Crippen LogP contribution in [0.2, 0.25) is 0 Å². The Kier molecular flexibility index (Phi) is 4.27. The highest BCUT2D eigenvalue weighted by Crippen LogP contribution is 2.22. The van der Waals surface area contributed by atoms with E-state index >= 15 is 0 Å². The molecule has 0 spiro atoms. The minimum atomic E-state index is -3.68. The van der Waals surface area contributed by atoms with E-state index in [0.29, 0.717) is 11.3 Å². The summed E-state index contributed by atoms with van der Waals surface area (Å²) < 4.78 is 33.1. The minimum Gasteiger partial charge on any atom is -0.496 e. The highest BCUT2D eigenvalue weighted by atomic mass is 32.2. The number of ether oxygens (including phenoxy) is 1. The van der Waals surface area contributed by atoms with Crippen LogP contribution in [0.15, 0.2) is 65.7 Å². The Morgan fingerprint density at radius 1 is 1.04 bits per heavy atom. The number of rotatable bonds is 5. The molecule has 23 heavy (non-hydrogen) atoms. The van der Waals surface area contributed by atoms with Gasteiger partial charge in [-0.05, 0) is 18.2 Å². The second kappa shape index (κ2) is 6.36. The van der Waals surface area contributed by atoms with Crippen molar-refractivity contribution < 1.29 is 13.2 Å². The molecule has 0 atom stereocenters. The van der Waals surface area contributed by atoms with Crippen LogP contribution in [-0.4, -0.2) is 20.5 Å². The van der Waals surface area contributed by atoms with E-state index in [0.717, 1.165) is 10.9 Å². The van der Waals surface area contributed by atoms with Crippen LogP contribution in [0.4, 0.5) is 0 Å². The zero-order valence-corrected chi connectivity index (χ0v) is 13.4. The number of nitrogens with zero attached hydrogens (tertiary/aromatic N) is 1. The van der Waals surface area contributed by atoms with E-state index in [-0.39, 0.29) is 11.4 Å². The molecule has 3 aromatic rings. The zero-order valence-electron chi connectivity index (χ0n) is 12.6. The van der Waals surface area contributed by atoms with Crippen molar-refractivity contribution in [3.63, 3.8) is 0 Å². The normalized spacial score (nSPS) is 11.5. The lowest BCUT2D eigenvalue weighted by molar-refractivity contribution is 0.409. The van der Waals surface area contributed by atoms with Crippen LogP contribution in [0.5, 0.6) is 5.75 Å². The minimum absolute atomic E-state index is 0.148. The summed E-state index contributed by atoms with van der Waals surface area (Å²) in [6, 6.07) is 16.0. The van der Waals surface area contributed by atoms with E-state index in [2.05, 4.69) is 9.71 Å². The molecular formula is C17H16N2O3S. The van der Waals surface area contributed by atoms with E-state index in [1.807, 2.05) is 30.3 Å². The number of pyridine rings is 1. The van der Waals surface area contributed by atoms with Crippen LogP contribution >= 0.6 is 0 Å². The molecule has 0 bridgehead atoms. The van der Waals surface area contributed by atoms with E-state index in [9.17, 15) is 8.42 Å². The number of methoxy groups -OCH3 is 1. The lowest BCUT2D eigenvalue weighted by Gasteiger charge is -2.11. The van der Waals surface area contributed by atoms with Gasteiger partial charge in [0.15, 0.2) is 0 Å². The zero-order chi connectivity index (χ0) is 16.3. The third-order valence-corrected chi connectivity index (χ3v) is 4.96. The van der Waals surface area contributed by atoms with Crippen molar-refractivity contribution >= 4 is 20.9 Å². The first-order valence-corrected chi connectivity index (χ1v) is 8.55. The average Bonchev–Trinajstić information content (AvgIpc) is 2.59. The van der Waals surface area contributed by atoms with Gasteiger partial charge in [-0.2, -0.15) is 0 Å². The number of sulfonamides is 1. The van der Waals surface area contributed by atoms with Crippen LogP contribution in [0.1, 0.15) is 5.56 Å². The largest absolute Gasteiger partial charge is 0.496 e. The maximum absolute atomic E-state index is 12.6. The maximum atomic E-state index is 12.6. The van der Waals surface area contributed by atoms with Crippen molar-refractivity contribution in [2.24, 2.45) is 0 Å². The fourth-order valence-electron chi connectivity index (χ4n) is 2.39. The van der Waals surface area contributed by atoms with Gasteiger partial charge in [0.1, 0.15) is 10.6 Å². The summed E-state index contributed by atoms with van der Waals surface area (Å²) >= 11 is 0. The Morgan fingerprint density at radius 2 is 1.83 bits per heavy atom. The molecule has 1 heterocycles. The molecule has 0 saturated carbocycles. The number of para-hydroxylation sites is 2. The topological polar surface area (TPSA) is 68.3 Å². The van der Waals surface area contributed by atoms with Crippen LogP contribution < -0.4 is 9.46 Å². The lowest BCUT2D eigenvalue weighted by atomic mass is 10.2. The molecule has 118 valence electrons. The van der Waals surface area contributed by atoms with Gasteiger partial charge in [0.25, 0.3) is 0 Å². The molecular weight excluding hydrogens is 312 g/mol. The summed E-state index contributed by atoms with van der Waals surface area (Å²) in [5, 5.41) is 0.785. The Morgan fingerprint density at radius 3 is 2.65 bits per heavy atom. The first-order chi connectivity index (χ1) is 11.1. The number of hydrogen-bond donors (Lipinski definition) is 1. The van der Waals surface area contributed by atoms with E-state index in [1.54, 1.807) is 37.6 Å². The van der Waals surface area contributed by atoms with E-state index in [1.165, 1.54) is 0 Å². The van der Waals surface area contributed by atoms with Gasteiger partial charge in [-0.25, -0.2) is 13.1 Å². The van der Waals surface area contributed by atoms with Crippen LogP contribution in [0.3, 0.4) is 0 Å². The standard InChI is InChI=1S/C17H16N2O3S/c1-22-15-9-3-2-6-14(15)12-19-23(20,21)16-10-4-7-13-8-5-11-18-17(13)16/h2-11,19H,12H2,1H3. The average molecular weight is 328 g/mol. The fourth-order valence-corrected chi connectivity index (χ4v) is 3.58. The predicted molar refractivity (Wildman–Crippen MR) is 88.8 cm³/mol. The number of fused-ring (bicyclic) bond motifs is 1. The molecule has 6 heteroatoms. The Bertz CT molecular complexity index is 934. The lowest BCUT2D eigenvalue weighted by Crippen LogP contribution is -2.23. The monoisotopic (exact) mass is 328 g/mol. The van der Waals surface area contributed by atoms with Crippen LogP contribution in [0, 0.1) is 0 Å². The predicted octanol–water partition coefficient (Wildman–Crippen LogP) is 2.72. The number of benzene rings is 2. The Balaban J connectivity index is 1.92. The van der Waals surface area contributed by atoms with E-state index < -0.39 is 10.0 Å². The fraction of sp³-hybridized carbons (Fsp3) is 0.118. The molecule has 0 radical (unpaired) electrons. The van der Waals surface area contributed by atoms with Crippen LogP contribution in [-0.2, 0) is 16.6 Å². The SMILES string of the molecule is COc1ccccc1CNS(=O)(=O)c1cccc2cccnc12. The Labute approximate surface area is 135 Å². The molecule has 0 fully saturated rings. The van der Waals surface area contributed by atoms with Gasteiger partial charge < -0.3 is 4.74 Å². The molecule has 0 saturated heterocycles. The summed E-state index contributed by atoms with van der Waals surface area (Å²) in [5.41, 5.74) is 1.23. The number of hydrogen-bond acceptors (Lipinski definition) is 4. The molecule has 5 nitrogen and oxygen atoms in total. The van der Waals surface area contributed by atoms with Gasteiger partial charge in [0, 0.05) is 23.7 Å². The second-order valence-electron chi connectivity index (χ2n) is 4.97. The van der Waals surface area contributed by atoms with Gasteiger partial charge in [0.05, 0.1) is 12.6 Å². The summed E-state index contributed by atoms with van der Waals surface area (Å²) in [4.78, 5) is 4.36. The van der Waals surface area contributed by atoms with Gasteiger partial charge in [-0.15, -0.1) is 0 Å². The van der Waals surface area contributed by atoms with Crippen molar-refractivity contribution in [2.45, 2.75) is 11.4 Å². The molecule has 3 rings (SSSR count). The van der Waals surface area contributed by atoms with Gasteiger partial charge >= 0.3 is 0 Å². The van der Waals surface area contributed by atoms with Crippen molar-refractivity contribution in [3.8, 4) is 5.75 Å². The highest BCUT2D eigenvalue weighted by Gasteiger charge is 2.18. The maximum Gasteiger partial charge on any atom is 0.243 e. The molecule has 0 aliphatic rings. The van der Waals surface area contributed by atoms with Crippen molar-refractivity contribution in [1.82, 2.24) is 9.71 Å². The molecule has 1 N–H and O–H groups in total. The first-order valence-electron chi connectivity index (χ1n) is 7.07. The van der Waals surface area contributed by atoms with Gasteiger partial charge in [0.2, 0.25) is 10.0 Å². The van der Waals surface area contributed by atoms with Crippen LogP contribution in [0.25, 0.3) is 10.9 Å².